The van der Waals surface area contributed by atoms with E-state index >= 15 is 0 Å². The lowest BCUT2D eigenvalue weighted by Crippen LogP contribution is -2.13. The SMILES string of the molecule is CCc1c(C)c2ccc(OCC(=O)c3cccc([N+](=O)[O-])c3)c(C)c2oc1=O. The maximum Gasteiger partial charge on any atom is 0.339 e. The zero-order chi connectivity index (χ0) is 20.4. The van der Waals surface area contributed by atoms with Gasteiger partial charge in [0.2, 0.25) is 0 Å². The molecule has 0 saturated heterocycles. The van der Waals surface area contributed by atoms with Crippen molar-refractivity contribution in [1.82, 2.24) is 0 Å². The smallest absolute Gasteiger partial charge is 0.339 e. The van der Waals surface area contributed by atoms with Crippen LogP contribution in [-0.4, -0.2) is 17.3 Å². The van der Waals surface area contributed by atoms with Gasteiger partial charge in [0, 0.05) is 34.2 Å². The van der Waals surface area contributed by atoms with Crippen LogP contribution in [0.1, 0.15) is 34.0 Å². The summed E-state index contributed by atoms with van der Waals surface area (Å²) in [6.45, 7) is 5.24. The number of aryl methyl sites for hydroxylation is 2. The Bertz CT molecular complexity index is 1150. The van der Waals surface area contributed by atoms with Crippen LogP contribution in [-0.2, 0) is 6.42 Å². The molecule has 0 aliphatic rings. The molecule has 2 aromatic carbocycles. The van der Waals surface area contributed by atoms with Crippen LogP contribution in [0.5, 0.6) is 5.75 Å². The van der Waals surface area contributed by atoms with Crippen LogP contribution in [0, 0.1) is 24.0 Å². The average molecular weight is 381 g/mol. The minimum Gasteiger partial charge on any atom is -0.485 e. The van der Waals surface area contributed by atoms with Gasteiger partial charge < -0.3 is 9.15 Å². The van der Waals surface area contributed by atoms with Gasteiger partial charge >= 0.3 is 5.63 Å². The Labute approximate surface area is 160 Å². The zero-order valence-corrected chi connectivity index (χ0v) is 15.8. The Morgan fingerprint density at radius 1 is 1.18 bits per heavy atom. The standard InChI is InChI=1S/C21H19NO6/c1-4-16-12(2)17-8-9-19(13(3)20(17)28-21(16)24)27-11-18(23)14-6-5-7-15(10-14)22(25)26/h5-10H,4,11H2,1-3H3. The molecule has 1 aromatic heterocycles. The third-order valence-corrected chi connectivity index (χ3v) is 4.75. The van der Waals surface area contributed by atoms with Crippen LogP contribution in [0.2, 0.25) is 0 Å². The number of carbonyl (C=O) groups excluding carboxylic acids is 1. The maximum atomic E-state index is 12.3. The summed E-state index contributed by atoms with van der Waals surface area (Å²) in [4.78, 5) is 34.8. The van der Waals surface area contributed by atoms with Crippen molar-refractivity contribution in [2.24, 2.45) is 0 Å². The lowest BCUT2D eigenvalue weighted by Gasteiger charge is -2.12. The second kappa shape index (κ2) is 7.64. The second-order valence-corrected chi connectivity index (χ2v) is 6.43. The first kappa shape index (κ1) is 19.3. The van der Waals surface area contributed by atoms with Crippen LogP contribution >= 0.6 is 0 Å². The molecular formula is C21H19NO6. The number of Topliss-reactive ketones (excluding diaryl/α,β-unsaturated/α-hetero) is 1. The van der Waals surface area contributed by atoms with Crippen molar-refractivity contribution in [3.8, 4) is 5.75 Å². The number of ketones is 1. The minimum atomic E-state index is -0.556. The molecule has 144 valence electrons. The van der Waals surface area contributed by atoms with Crippen molar-refractivity contribution in [2.75, 3.05) is 6.61 Å². The summed E-state index contributed by atoms with van der Waals surface area (Å²) >= 11 is 0. The van der Waals surface area contributed by atoms with Crippen molar-refractivity contribution < 1.29 is 18.9 Å². The van der Waals surface area contributed by atoms with Gasteiger partial charge in [-0.15, -0.1) is 0 Å². The largest absolute Gasteiger partial charge is 0.485 e. The lowest BCUT2D eigenvalue weighted by atomic mass is 10.0. The quantitative estimate of drug-likeness (QED) is 0.275. The molecule has 3 rings (SSSR count). The monoisotopic (exact) mass is 381 g/mol. The molecule has 0 atom stereocenters. The summed E-state index contributed by atoms with van der Waals surface area (Å²) in [7, 11) is 0. The molecule has 1 heterocycles. The number of nitro groups is 1. The fourth-order valence-electron chi connectivity index (χ4n) is 3.16. The first-order valence-corrected chi connectivity index (χ1v) is 8.79. The summed E-state index contributed by atoms with van der Waals surface area (Å²) in [5.41, 5.74) is 2.23. The fourth-order valence-corrected chi connectivity index (χ4v) is 3.16. The van der Waals surface area contributed by atoms with Gasteiger partial charge in [0.25, 0.3) is 5.69 Å². The van der Waals surface area contributed by atoms with Crippen LogP contribution < -0.4 is 10.4 Å². The van der Waals surface area contributed by atoms with E-state index in [1.807, 2.05) is 13.8 Å². The fraction of sp³-hybridized carbons (Fsp3) is 0.238. The van der Waals surface area contributed by atoms with E-state index in [1.165, 1.54) is 24.3 Å². The highest BCUT2D eigenvalue weighted by Crippen LogP contribution is 2.29. The Kier molecular flexibility index (Phi) is 5.26. The number of non-ortho nitro benzene ring substituents is 1. The lowest BCUT2D eigenvalue weighted by molar-refractivity contribution is -0.384. The number of rotatable bonds is 6. The molecule has 0 aliphatic heterocycles. The van der Waals surface area contributed by atoms with E-state index in [2.05, 4.69) is 0 Å². The molecule has 0 N–H and O–H groups in total. The summed E-state index contributed by atoms with van der Waals surface area (Å²) in [5.74, 6) is 0.0280. The number of fused-ring (bicyclic) bond motifs is 1. The molecular weight excluding hydrogens is 362 g/mol. The first-order valence-electron chi connectivity index (χ1n) is 8.79. The number of nitro benzene ring substituents is 1. The van der Waals surface area contributed by atoms with Gasteiger partial charge in [-0.25, -0.2) is 4.79 Å². The Morgan fingerprint density at radius 3 is 2.61 bits per heavy atom. The summed E-state index contributed by atoms with van der Waals surface area (Å²) < 4.78 is 11.1. The van der Waals surface area contributed by atoms with Crippen LogP contribution in [0.3, 0.4) is 0 Å². The third-order valence-electron chi connectivity index (χ3n) is 4.75. The van der Waals surface area contributed by atoms with Crippen molar-refractivity contribution in [1.29, 1.82) is 0 Å². The summed E-state index contributed by atoms with van der Waals surface area (Å²) in [6.07, 6.45) is 0.582. The van der Waals surface area contributed by atoms with Gasteiger partial charge in [-0.1, -0.05) is 19.1 Å². The minimum absolute atomic E-state index is 0.156. The third kappa shape index (κ3) is 3.51. The Hall–Kier alpha value is -3.48. The van der Waals surface area contributed by atoms with Gasteiger partial charge in [0.05, 0.1) is 4.92 Å². The van der Waals surface area contributed by atoms with Gasteiger partial charge in [-0.2, -0.15) is 0 Å². The Balaban J connectivity index is 1.88. The molecule has 0 bridgehead atoms. The number of hydrogen-bond acceptors (Lipinski definition) is 6. The van der Waals surface area contributed by atoms with E-state index in [0.29, 0.717) is 28.9 Å². The number of hydrogen-bond donors (Lipinski definition) is 0. The van der Waals surface area contributed by atoms with Gasteiger partial charge in [0.1, 0.15) is 11.3 Å². The van der Waals surface area contributed by atoms with E-state index < -0.39 is 4.92 Å². The molecule has 0 aliphatic carbocycles. The first-order chi connectivity index (χ1) is 13.3. The molecule has 0 fully saturated rings. The van der Waals surface area contributed by atoms with Crippen molar-refractivity contribution in [3.63, 3.8) is 0 Å². The molecule has 7 nitrogen and oxygen atoms in total. The molecule has 3 aromatic rings. The van der Waals surface area contributed by atoms with Crippen molar-refractivity contribution in [2.45, 2.75) is 27.2 Å². The highest BCUT2D eigenvalue weighted by Gasteiger charge is 2.16. The van der Waals surface area contributed by atoms with Crippen LogP contribution in [0.4, 0.5) is 5.69 Å². The normalized spacial score (nSPS) is 10.8. The van der Waals surface area contributed by atoms with Crippen molar-refractivity contribution in [3.05, 3.63) is 79.2 Å². The molecule has 0 radical (unpaired) electrons. The summed E-state index contributed by atoms with van der Waals surface area (Å²) in [5, 5.41) is 11.7. The van der Waals surface area contributed by atoms with E-state index in [9.17, 15) is 19.7 Å². The highest BCUT2D eigenvalue weighted by molar-refractivity contribution is 5.98. The summed E-state index contributed by atoms with van der Waals surface area (Å²) in [6, 6.07) is 9.02. The molecule has 28 heavy (non-hydrogen) atoms. The number of ether oxygens (including phenoxy) is 1. The molecule has 0 saturated carbocycles. The predicted molar refractivity (Wildman–Crippen MR) is 104 cm³/mol. The van der Waals surface area contributed by atoms with Gasteiger partial charge in [-0.05, 0) is 38.0 Å². The maximum absolute atomic E-state index is 12.3. The van der Waals surface area contributed by atoms with Gasteiger partial charge in [0.15, 0.2) is 12.4 Å². The van der Waals surface area contributed by atoms with Gasteiger partial charge in [-0.3, -0.25) is 14.9 Å². The second-order valence-electron chi connectivity index (χ2n) is 6.43. The number of nitrogens with zero attached hydrogens (tertiary/aromatic N) is 1. The van der Waals surface area contributed by atoms with E-state index in [0.717, 1.165) is 10.9 Å². The predicted octanol–water partition coefficient (Wildman–Crippen LogP) is 4.14. The molecule has 0 amide bonds. The average Bonchev–Trinajstić information content (AvgIpc) is 2.68. The number of benzene rings is 2. The molecule has 0 unspecified atom stereocenters. The highest BCUT2D eigenvalue weighted by atomic mass is 16.6. The number of carbonyl (C=O) groups is 1. The molecule has 7 heteroatoms. The van der Waals surface area contributed by atoms with Crippen molar-refractivity contribution >= 4 is 22.4 Å². The van der Waals surface area contributed by atoms with Crippen LogP contribution in [0.15, 0.2) is 45.6 Å². The van der Waals surface area contributed by atoms with E-state index in [1.54, 1.807) is 19.1 Å². The molecule has 0 spiro atoms. The van der Waals surface area contributed by atoms with E-state index in [-0.39, 0.29) is 29.3 Å². The van der Waals surface area contributed by atoms with E-state index in [4.69, 9.17) is 9.15 Å². The topological polar surface area (TPSA) is 99.7 Å². The van der Waals surface area contributed by atoms with Crippen LogP contribution in [0.25, 0.3) is 11.0 Å². The zero-order valence-electron chi connectivity index (χ0n) is 15.8. The Morgan fingerprint density at radius 2 is 1.93 bits per heavy atom.